The number of benzene rings is 10. The van der Waals surface area contributed by atoms with Crippen LogP contribution in [-0.2, 0) is 0 Å². The van der Waals surface area contributed by atoms with Gasteiger partial charge >= 0.3 is 12.2 Å². The Balaban J connectivity index is 0.000000283. The molecule has 10 aromatic carbocycles. The Hall–Kier alpha value is -7.91. The van der Waals surface area contributed by atoms with E-state index < -0.39 is 23.9 Å². The van der Waals surface area contributed by atoms with Gasteiger partial charge in [0.15, 0.2) is 34.6 Å². The first-order valence-corrected chi connectivity index (χ1v) is 43.2. The number of aromatic nitrogens is 2. The van der Waals surface area contributed by atoms with Crippen molar-refractivity contribution >= 4 is 91.6 Å². The molecule has 0 saturated carbocycles. The quantitative estimate of drug-likeness (QED) is 0.0891. The normalized spacial score (nSPS) is 12.4. The van der Waals surface area contributed by atoms with Crippen LogP contribution in [0.25, 0.3) is 11.0 Å². The van der Waals surface area contributed by atoms with Gasteiger partial charge in [-0.05, 0) is 219 Å². The van der Waals surface area contributed by atoms with Crippen LogP contribution < -0.4 is 23.7 Å². The predicted octanol–water partition coefficient (Wildman–Crippen LogP) is 34.3. The van der Waals surface area contributed by atoms with Crippen molar-refractivity contribution in [3.05, 3.63) is 319 Å². The lowest BCUT2D eigenvalue weighted by atomic mass is 9.98. The first-order valence-electron chi connectivity index (χ1n) is 40.3. The Labute approximate surface area is 750 Å². The Morgan fingerprint density at radius 1 is 0.355 bits per heavy atom. The molecule has 0 saturated heterocycles. The highest BCUT2D eigenvalue weighted by Crippen LogP contribution is 2.50. The molecule has 22 heteroatoms. The zero-order valence-electron chi connectivity index (χ0n) is 73.3. The van der Waals surface area contributed by atoms with Crippen LogP contribution in [0.1, 0.15) is 271 Å². The molecule has 13 rings (SSSR count). The molecule has 0 bridgehead atoms. The number of fused-ring (bicyclic) bond motifs is 3. The third kappa shape index (κ3) is 31.7. The molecule has 2 aliphatic heterocycles. The van der Waals surface area contributed by atoms with Gasteiger partial charge in [-0.1, -0.05) is 318 Å². The molecule has 0 spiro atoms. The molecular formula is C99H115Cl5F9IN2O5. The van der Waals surface area contributed by atoms with Crippen LogP contribution >= 0.6 is 80.6 Å². The number of hydrogen-bond donors (Lipinski definition) is 0. The molecule has 0 aliphatic carbocycles. The van der Waals surface area contributed by atoms with E-state index in [9.17, 15) is 39.5 Å². The number of alkyl halides is 4. The second-order valence-corrected chi connectivity index (χ2v) is 34.5. The highest BCUT2D eigenvalue weighted by atomic mass is 127. The Kier molecular flexibility index (Phi) is 44.2. The summed E-state index contributed by atoms with van der Waals surface area (Å²) in [4.78, 5) is 8.60. The van der Waals surface area contributed by atoms with E-state index in [1.807, 2.05) is 128 Å². The Morgan fingerprint density at radius 2 is 0.727 bits per heavy atom. The van der Waals surface area contributed by atoms with Crippen LogP contribution in [0.3, 0.4) is 0 Å². The summed E-state index contributed by atoms with van der Waals surface area (Å²) in [5.41, 5.74) is 13.8. The van der Waals surface area contributed by atoms with Crippen molar-refractivity contribution in [3.63, 3.8) is 0 Å². The Morgan fingerprint density at radius 3 is 1.20 bits per heavy atom. The molecule has 0 N–H and O–H groups in total. The molecule has 7 nitrogen and oxygen atoms in total. The van der Waals surface area contributed by atoms with E-state index in [1.165, 1.54) is 73.3 Å². The van der Waals surface area contributed by atoms with Gasteiger partial charge in [0.2, 0.25) is 6.79 Å². The minimum Gasteiger partial charge on any atom is -0.492 e. The average Bonchev–Trinajstić information content (AvgIpc) is 1.13. The van der Waals surface area contributed by atoms with Gasteiger partial charge in [-0.3, -0.25) is 9.97 Å². The maximum Gasteiger partial charge on any atom is 0.507 e. The number of hydrogen-bond acceptors (Lipinski definition) is 7. The predicted molar refractivity (Wildman–Crippen MR) is 494 cm³/mol. The molecule has 11 aromatic rings. The molecule has 2 aliphatic rings. The molecular weight excluding hydrogens is 1770 g/mol. The summed E-state index contributed by atoms with van der Waals surface area (Å²) in [6.45, 7) is 47.6. The molecule has 0 fully saturated rings. The van der Waals surface area contributed by atoms with Crippen LogP contribution in [0.2, 0.25) is 25.1 Å². The van der Waals surface area contributed by atoms with Crippen LogP contribution in [-0.4, -0.2) is 35.6 Å². The van der Waals surface area contributed by atoms with Crippen molar-refractivity contribution in [3.8, 4) is 28.7 Å². The summed E-state index contributed by atoms with van der Waals surface area (Å²) in [5, 5.41) is 2.89. The van der Waals surface area contributed by atoms with Crippen molar-refractivity contribution in [2.75, 3.05) is 13.4 Å². The smallest absolute Gasteiger partial charge is 0.492 e. The van der Waals surface area contributed by atoms with Crippen LogP contribution in [0.15, 0.2) is 194 Å². The van der Waals surface area contributed by atoms with E-state index in [-0.39, 0.29) is 62.7 Å². The topological polar surface area (TPSA) is 71.9 Å². The fourth-order valence-electron chi connectivity index (χ4n) is 12.1. The number of ether oxygens (including phenoxy) is 5. The second kappa shape index (κ2) is 50.8. The first-order chi connectivity index (χ1) is 56.7. The largest absolute Gasteiger partial charge is 0.507 e. The summed E-state index contributed by atoms with van der Waals surface area (Å²) >= 11 is 31.5. The lowest BCUT2D eigenvalue weighted by Crippen LogP contribution is -2.52. The fourth-order valence-corrected chi connectivity index (χ4v) is 14.2. The summed E-state index contributed by atoms with van der Waals surface area (Å²) in [6.07, 6.45) is -5.85. The van der Waals surface area contributed by atoms with E-state index in [2.05, 4.69) is 162 Å². The third-order valence-corrected chi connectivity index (χ3v) is 22.1. The van der Waals surface area contributed by atoms with E-state index in [0.717, 1.165) is 61.1 Å². The van der Waals surface area contributed by atoms with Gasteiger partial charge in [-0.25, -0.2) is 22.0 Å². The molecule has 656 valence electrons. The van der Waals surface area contributed by atoms with Crippen molar-refractivity contribution < 1.29 is 63.2 Å². The molecule has 121 heavy (non-hydrogen) atoms. The summed E-state index contributed by atoms with van der Waals surface area (Å²) in [6, 6.07) is 53.8. The molecule has 0 radical (unpaired) electrons. The highest BCUT2D eigenvalue weighted by Gasteiger charge is 2.66. The lowest BCUT2D eigenvalue weighted by molar-refractivity contribution is -0.391. The van der Waals surface area contributed by atoms with Gasteiger partial charge in [-0.2, -0.15) is 17.6 Å². The van der Waals surface area contributed by atoms with Crippen LogP contribution in [0.5, 0.6) is 28.7 Å². The standard InChI is InChI=1S/C11H15ClO.C11H10F4O2.C11H12N2.C10H13Cl.C10H13F.C10H12O2.2C9H10ClF.C9H10ClI.C9H10F2/c1-4-13-11-9(8(2)3)6-5-7-10(11)12;1-6(2)7-4-3-5-8-9(7)17-11(14,15)10(12,13)16-8;1-8(2)9-4-3-5-10-11(9)13-7-6-12-10;2*1-7(2)9-5-4-6-10(11)8(9)3;1-7(2)8-4-3-5-9-10(8)12-6-11-9;1-6(2)7-4-3-5-8(11)9(7)10;3*1-6(2)7-4-3-5-8(10)9(7)11/h5-8H,4H2,1-3H3;3-6H,1-2H3;3-8H,1-2H3;2*4-7H,1-3H3;3-5,7H,6H2,1-2H3;4*3-6H,1-2H3. The number of para-hydroxylation sites is 4. The van der Waals surface area contributed by atoms with E-state index in [0.29, 0.717) is 70.6 Å². The van der Waals surface area contributed by atoms with Crippen molar-refractivity contribution in [2.24, 2.45) is 0 Å². The van der Waals surface area contributed by atoms with Gasteiger partial charge in [0.1, 0.15) is 23.2 Å². The number of rotatable bonds is 12. The van der Waals surface area contributed by atoms with E-state index >= 15 is 0 Å². The monoisotopic (exact) mass is 1880 g/mol. The number of halogens is 15. The lowest BCUT2D eigenvalue weighted by Gasteiger charge is -2.33. The summed E-state index contributed by atoms with van der Waals surface area (Å²) in [7, 11) is 0. The fraction of sp³-hybridized carbons (Fsp3) is 0.374. The van der Waals surface area contributed by atoms with Gasteiger partial charge in [0.05, 0.1) is 37.7 Å². The molecule has 0 atom stereocenters. The first kappa shape index (κ1) is 105. The second-order valence-electron chi connectivity index (χ2n) is 31.4. The molecule has 1 aromatic heterocycles. The minimum atomic E-state index is -4.66. The molecule has 0 amide bonds. The van der Waals surface area contributed by atoms with Gasteiger partial charge in [0, 0.05) is 32.1 Å². The highest BCUT2D eigenvalue weighted by molar-refractivity contribution is 14.1. The zero-order chi connectivity index (χ0) is 91.1. The SMILES string of the molecule is CC(C)c1cccc(Cl)c1F.CC(C)c1cccc(Cl)c1I.CC(C)c1cccc(F)c1Cl.CC(C)c1cccc(F)c1F.CC(C)c1cccc2c1OC(F)(F)C(F)(F)O2.CC(C)c1cccc2c1OCO2.CC(C)c1cccc2nccnc12.CCOc1c(Cl)cccc1C(C)C.Cc1c(Cl)cccc1C(C)C.Cc1c(F)cccc1C(C)C. The van der Waals surface area contributed by atoms with Crippen LogP contribution in [0, 0.1) is 46.5 Å². The van der Waals surface area contributed by atoms with Crippen molar-refractivity contribution in [1.29, 1.82) is 0 Å². The maximum absolute atomic E-state index is 13.1. The minimum absolute atomic E-state index is 0.0331. The van der Waals surface area contributed by atoms with Gasteiger partial charge < -0.3 is 23.7 Å². The maximum atomic E-state index is 13.1. The van der Waals surface area contributed by atoms with Crippen LogP contribution in [0.4, 0.5) is 39.5 Å². The van der Waals surface area contributed by atoms with Gasteiger partial charge in [-0.15, -0.1) is 0 Å². The molecule has 3 heterocycles. The van der Waals surface area contributed by atoms with Gasteiger partial charge in [0.25, 0.3) is 0 Å². The van der Waals surface area contributed by atoms with Crippen molar-refractivity contribution in [2.45, 2.75) is 231 Å². The number of nitrogens with zero attached hydrogens (tertiary/aromatic N) is 2. The average molecular weight is 1890 g/mol. The third-order valence-electron chi connectivity index (χ3n) is 18.8. The zero-order valence-corrected chi connectivity index (χ0v) is 79.2. The Bertz CT molecular complexity index is 4610. The summed E-state index contributed by atoms with van der Waals surface area (Å²) < 4.78 is 142. The van der Waals surface area contributed by atoms with Crippen molar-refractivity contribution in [1.82, 2.24) is 9.97 Å². The summed E-state index contributed by atoms with van der Waals surface area (Å²) in [5.74, 6) is 3.05. The van der Waals surface area contributed by atoms with E-state index in [1.54, 1.807) is 62.6 Å². The van der Waals surface area contributed by atoms with E-state index in [4.69, 9.17) is 72.2 Å². The molecule has 0 unspecified atom stereocenters.